The van der Waals surface area contributed by atoms with Gasteiger partial charge in [0.1, 0.15) is 12.6 Å². The molecule has 0 bridgehead atoms. The van der Waals surface area contributed by atoms with Crippen molar-refractivity contribution in [3.63, 3.8) is 0 Å². The summed E-state index contributed by atoms with van der Waals surface area (Å²) in [6.45, 7) is -1.32. The van der Waals surface area contributed by atoms with Gasteiger partial charge in [-0.3, -0.25) is 0 Å². The Bertz CT molecular complexity index is 387. The van der Waals surface area contributed by atoms with Crippen LogP contribution in [-0.4, -0.2) is 63.3 Å². The summed E-state index contributed by atoms with van der Waals surface area (Å²) < 4.78 is 37.4. The van der Waals surface area contributed by atoms with Gasteiger partial charge in [0.25, 0.3) is 0 Å². The van der Waals surface area contributed by atoms with E-state index in [1.165, 1.54) is 11.8 Å². The summed E-state index contributed by atoms with van der Waals surface area (Å²) in [6, 6.07) is -2.27. The molecular weight excluding hydrogens is 285 g/mol. The van der Waals surface area contributed by atoms with E-state index in [0.717, 1.165) is 9.80 Å². The van der Waals surface area contributed by atoms with Gasteiger partial charge in [-0.15, -0.1) is 11.8 Å². The first-order valence-electron chi connectivity index (χ1n) is 5.74. The van der Waals surface area contributed by atoms with Crippen LogP contribution in [0.15, 0.2) is 0 Å². The molecule has 9 heteroatoms. The molecule has 0 spiro atoms. The van der Waals surface area contributed by atoms with Gasteiger partial charge in [0.15, 0.2) is 0 Å². The average Bonchev–Trinajstić information content (AvgIpc) is 3.00. The van der Waals surface area contributed by atoms with E-state index in [-0.39, 0.29) is 11.6 Å². The third-order valence-corrected chi connectivity index (χ3v) is 4.01. The maximum atomic E-state index is 12.5. The first-order valence-corrected chi connectivity index (χ1v) is 6.89. The molecule has 0 aromatic carbocycles. The zero-order chi connectivity index (χ0) is 14.2. The number of hydrogen-bond acceptors (Lipinski definition) is 3. The number of urea groups is 1. The average molecular weight is 298 g/mol. The van der Waals surface area contributed by atoms with Gasteiger partial charge >= 0.3 is 18.2 Å². The van der Waals surface area contributed by atoms with Crippen LogP contribution >= 0.6 is 11.8 Å². The van der Waals surface area contributed by atoms with Gasteiger partial charge in [-0.2, -0.15) is 13.2 Å². The summed E-state index contributed by atoms with van der Waals surface area (Å²) >= 11 is 1.23. The largest absolute Gasteiger partial charge is 0.480 e. The summed E-state index contributed by atoms with van der Waals surface area (Å²) in [7, 11) is 0. The van der Waals surface area contributed by atoms with Gasteiger partial charge in [0.05, 0.1) is 5.88 Å². The predicted molar refractivity (Wildman–Crippen MR) is 61.8 cm³/mol. The number of carboxylic acids is 1. The van der Waals surface area contributed by atoms with Crippen molar-refractivity contribution < 1.29 is 27.9 Å². The highest BCUT2D eigenvalue weighted by molar-refractivity contribution is 7.99. The molecule has 108 valence electrons. The number of rotatable bonds is 3. The Morgan fingerprint density at radius 3 is 2.47 bits per heavy atom. The van der Waals surface area contributed by atoms with E-state index in [1.54, 1.807) is 0 Å². The Labute approximate surface area is 111 Å². The molecule has 19 heavy (non-hydrogen) atoms. The number of nitrogens with zero attached hydrogens (tertiary/aromatic N) is 2. The van der Waals surface area contributed by atoms with Gasteiger partial charge in [-0.05, 0) is 12.8 Å². The van der Waals surface area contributed by atoms with Crippen molar-refractivity contribution in [2.45, 2.75) is 31.1 Å². The second-order valence-corrected chi connectivity index (χ2v) is 5.58. The lowest BCUT2D eigenvalue weighted by atomic mass is 10.3. The van der Waals surface area contributed by atoms with Crippen LogP contribution in [0.4, 0.5) is 18.0 Å². The molecule has 1 heterocycles. The van der Waals surface area contributed by atoms with E-state index in [9.17, 15) is 22.8 Å². The second kappa shape index (κ2) is 5.10. The fourth-order valence-corrected chi connectivity index (χ4v) is 3.07. The van der Waals surface area contributed by atoms with Crippen LogP contribution in [0, 0.1) is 0 Å². The SMILES string of the molecule is O=C(O)C1CSCN1C(=O)N(CC(F)(F)F)C1CC1. The molecule has 1 unspecified atom stereocenters. The van der Waals surface area contributed by atoms with Gasteiger partial charge in [-0.25, -0.2) is 9.59 Å². The van der Waals surface area contributed by atoms with Crippen LogP contribution < -0.4 is 0 Å². The molecule has 1 aliphatic heterocycles. The molecule has 1 saturated carbocycles. The molecule has 1 N–H and O–H groups in total. The van der Waals surface area contributed by atoms with Crippen molar-refractivity contribution in [2.24, 2.45) is 0 Å². The third kappa shape index (κ3) is 3.46. The number of hydrogen-bond donors (Lipinski definition) is 1. The van der Waals surface area contributed by atoms with Crippen LogP contribution in [-0.2, 0) is 4.79 Å². The Morgan fingerprint density at radius 2 is 2.00 bits per heavy atom. The van der Waals surface area contributed by atoms with Crippen LogP contribution in [0.5, 0.6) is 0 Å². The highest BCUT2D eigenvalue weighted by Gasteiger charge is 2.45. The lowest BCUT2D eigenvalue weighted by Crippen LogP contribution is -2.51. The number of carboxylic acid groups (broad SMARTS) is 1. The molecule has 0 aromatic rings. The lowest BCUT2D eigenvalue weighted by Gasteiger charge is -2.30. The molecule has 2 aliphatic rings. The van der Waals surface area contributed by atoms with Crippen molar-refractivity contribution >= 4 is 23.8 Å². The normalized spacial score (nSPS) is 23.5. The first kappa shape index (κ1) is 14.3. The van der Waals surface area contributed by atoms with Crippen LogP contribution in [0.25, 0.3) is 0 Å². The second-order valence-electron chi connectivity index (χ2n) is 4.58. The molecule has 2 fully saturated rings. The van der Waals surface area contributed by atoms with Gasteiger partial charge in [0.2, 0.25) is 0 Å². The summed E-state index contributed by atoms with van der Waals surface area (Å²) in [5, 5.41) is 8.95. The molecule has 1 atom stereocenters. The molecule has 5 nitrogen and oxygen atoms in total. The Balaban J connectivity index is 2.08. The maximum absolute atomic E-state index is 12.5. The van der Waals surface area contributed by atoms with Crippen molar-refractivity contribution in [1.82, 2.24) is 9.80 Å². The summed E-state index contributed by atoms with van der Waals surface area (Å²) in [6.07, 6.45) is -3.38. The van der Waals surface area contributed by atoms with Gasteiger partial charge in [0, 0.05) is 11.8 Å². The molecule has 1 aliphatic carbocycles. The topological polar surface area (TPSA) is 60.9 Å². The highest BCUT2D eigenvalue weighted by Crippen LogP contribution is 2.33. The van der Waals surface area contributed by atoms with E-state index >= 15 is 0 Å². The molecule has 0 aromatic heterocycles. The van der Waals surface area contributed by atoms with Crippen LogP contribution in [0.2, 0.25) is 0 Å². The van der Waals surface area contributed by atoms with Crippen molar-refractivity contribution in [3.8, 4) is 0 Å². The van der Waals surface area contributed by atoms with Gasteiger partial charge < -0.3 is 14.9 Å². The van der Waals surface area contributed by atoms with Crippen molar-refractivity contribution in [3.05, 3.63) is 0 Å². The number of thioether (sulfide) groups is 1. The zero-order valence-corrected chi connectivity index (χ0v) is 10.7. The molecule has 1 saturated heterocycles. The summed E-state index contributed by atoms with van der Waals surface area (Å²) in [5.74, 6) is -0.844. The van der Waals surface area contributed by atoms with E-state index < -0.39 is 36.8 Å². The number of amides is 2. The minimum absolute atomic E-state index is 0.122. The van der Waals surface area contributed by atoms with Crippen LogP contribution in [0.3, 0.4) is 0 Å². The smallest absolute Gasteiger partial charge is 0.406 e. The van der Waals surface area contributed by atoms with E-state index in [2.05, 4.69) is 0 Å². The van der Waals surface area contributed by atoms with E-state index in [4.69, 9.17) is 5.11 Å². The zero-order valence-electron chi connectivity index (χ0n) is 9.89. The van der Waals surface area contributed by atoms with Crippen LogP contribution in [0.1, 0.15) is 12.8 Å². The monoisotopic (exact) mass is 298 g/mol. The van der Waals surface area contributed by atoms with E-state index in [0.29, 0.717) is 12.8 Å². The lowest BCUT2D eigenvalue weighted by molar-refractivity contribution is -0.144. The highest BCUT2D eigenvalue weighted by atomic mass is 32.2. The maximum Gasteiger partial charge on any atom is 0.406 e. The Morgan fingerprint density at radius 1 is 1.37 bits per heavy atom. The number of alkyl halides is 3. The fraction of sp³-hybridized carbons (Fsp3) is 0.800. The number of halogens is 3. The number of carbonyl (C=O) groups is 2. The minimum Gasteiger partial charge on any atom is -0.480 e. The molecule has 2 amide bonds. The minimum atomic E-state index is -4.47. The molecule has 2 rings (SSSR count). The quantitative estimate of drug-likeness (QED) is 0.859. The predicted octanol–water partition coefficient (Wildman–Crippen LogP) is 1.59. The summed E-state index contributed by atoms with van der Waals surface area (Å²) in [5.41, 5.74) is 0. The first-order chi connectivity index (χ1) is 8.79. The summed E-state index contributed by atoms with van der Waals surface area (Å²) in [4.78, 5) is 24.8. The third-order valence-electron chi connectivity index (χ3n) is 3.00. The molecule has 0 radical (unpaired) electrons. The van der Waals surface area contributed by atoms with E-state index in [1.807, 2.05) is 0 Å². The Hall–Kier alpha value is -1.12. The fourth-order valence-electron chi connectivity index (χ4n) is 1.93. The standard InChI is InChI=1S/C10H13F3N2O3S/c11-10(12,13)4-14(6-1-2-6)9(18)15-5-19-3-7(15)8(16)17/h6-7H,1-5H2,(H,16,17). The number of aliphatic carboxylic acids is 1. The molecular formula is C10H13F3N2O3S. The Kier molecular flexibility index (Phi) is 3.84. The van der Waals surface area contributed by atoms with Gasteiger partial charge in [-0.1, -0.05) is 0 Å². The van der Waals surface area contributed by atoms with Crippen molar-refractivity contribution in [1.29, 1.82) is 0 Å². The van der Waals surface area contributed by atoms with Crippen molar-refractivity contribution in [2.75, 3.05) is 18.2 Å². The number of carbonyl (C=O) groups excluding carboxylic acids is 1.